The first kappa shape index (κ1) is 13.6. The molecule has 18 heavy (non-hydrogen) atoms. The van der Waals surface area contributed by atoms with Crippen LogP contribution in [-0.2, 0) is 17.6 Å². The first-order valence-corrected chi connectivity index (χ1v) is 7.17. The summed E-state index contributed by atoms with van der Waals surface area (Å²) in [4.78, 5) is 0. The second-order valence-electron chi connectivity index (χ2n) is 5.09. The van der Waals surface area contributed by atoms with E-state index in [1.807, 2.05) is 0 Å². The average Bonchev–Trinajstić information content (AvgIpc) is 2.46. The molecule has 2 unspecified atom stereocenters. The van der Waals surface area contributed by atoms with Crippen LogP contribution in [0.5, 0.6) is 0 Å². The van der Waals surface area contributed by atoms with Crippen molar-refractivity contribution in [3.05, 3.63) is 34.9 Å². The van der Waals surface area contributed by atoms with Crippen LogP contribution in [0.4, 0.5) is 0 Å². The fraction of sp³-hybridized carbons (Fsp3) is 0.625. The summed E-state index contributed by atoms with van der Waals surface area (Å²) in [5.74, 6) is 0. The maximum Gasteiger partial charge on any atom is 0.105 e. The molecule has 1 heterocycles. The van der Waals surface area contributed by atoms with E-state index in [-0.39, 0.29) is 6.10 Å². The lowest BCUT2D eigenvalue weighted by atomic mass is 9.92. The van der Waals surface area contributed by atoms with Gasteiger partial charge in [0.25, 0.3) is 0 Å². The maximum atomic E-state index is 10.6. The van der Waals surface area contributed by atoms with Crippen LogP contribution in [0.1, 0.15) is 55.9 Å². The van der Waals surface area contributed by atoms with Gasteiger partial charge in [-0.15, -0.1) is 0 Å². The average molecular weight is 248 g/mol. The molecule has 1 aliphatic rings. The van der Waals surface area contributed by atoms with Crippen LogP contribution in [0.3, 0.4) is 0 Å². The smallest absolute Gasteiger partial charge is 0.105 e. The third-order valence-corrected chi connectivity index (χ3v) is 3.89. The third-order valence-electron chi connectivity index (χ3n) is 3.89. The van der Waals surface area contributed by atoms with Gasteiger partial charge in [-0.2, -0.15) is 0 Å². The van der Waals surface area contributed by atoms with Crippen molar-refractivity contribution in [3.63, 3.8) is 0 Å². The summed E-state index contributed by atoms with van der Waals surface area (Å²) in [6.45, 7) is 5.07. The van der Waals surface area contributed by atoms with Crippen LogP contribution >= 0.6 is 0 Å². The second-order valence-corrected chi connectivity index (χ2v) is 5.09. The minimum atomic E-state index is -0.466. The normalized spacial score (nSPS) is 21.8. The molecule has 0 saturated carbocycles. The molecule has 1 aliphatic heterocycles. The molecule has 0 aliphatic carbocycles. The Hall–Kier alpha value is -0.860. The molecule has 0 aromatic heterocycles. The Morgan fingerprint density at radius 1 is 1.28 bits per heavy atom. The minimum Gasteiger partial charge on any atom is -0.386 e. The van der Waals surface area contributed by atoms with Gasteiger partial charge in [0.1, 0.15) is 6.10 Å². The molecule has 1 aromatic carbocycles. The quantitative estimate of drug-likeness (QED) is 0.884. The SMILES string of the molecule is CCc1ccc(CC)c(C(O)C2CCCCO2)c1. The molecule has 1 N–H and O–H groups in total. The molecular weight excluding hydrogens is 224 g/mol. The van der Waals surface area contributed by atoms with Gasteiger partial charge in [-0.3, -0.25) is 0 Å². The van der Waals surface area contributed by atoms with E-state index in [1.54, 1.807) is 0 Å². The predicted molar refractivity (Wildman–Crippen MR) is 73.7 cm³/mol. The van der Waals surface area contributed by atoms with Crippen molar-refractivity contribution in [3.8, 4) is 0 Å². The highest BCUT2D eigenvalue weighted by Crippen LogP contribution is 2.29. The number of ether oxygens (including phenoxy) is 1. The van der Waals surface area contributed by atoms with Gasteiger partial charge >= 0.3 is 0 Å². The largest absolute Gasteiger partial charge is 0.386 e. The van der Waals surface area contributed by atoms with E-state index in [0.717, 1.165) is 44.3 Å². The summed E-state index contributed by atoms with van der Waals surface area (Å²) in [5.41, 5.74) is 3.61. The molecule has 1 fully saturated rings. The topological polar surface area (TPSA) is 29.5 Å². The van der Waals surface area contributed by atoms with E-state index in [9.17, 15) is 5.11 Å². The number of rotatable bonds is 4. The molecule has 2 atom stereocenters. The molecule has 0 spiro atoms. The van der Waals surface area contributed by atoms with Crippen LogP contribution in [0, 0.1) is 0 Å². The second kappa shape index (κ2) is 6.35. The van der Waals surface area contributed by atoms with Gasteiger partial charge in [0.2, 0.25) is 0 Å². The van der Waals surface area contributed by atoms with Crippen LogP contribution in [0.15, 0.2) is 18.2 Å². The Morgan fingerprint density at radius 3 is 2.72 bits per heavy atom. The molecule has 0 radical (unpaired) electrons. The molecule has 1 aromatic rings. The van der Waals surface area contributed by atoms with Crippen molar-refractivity contribution in [2.24, 2.45) is 0 Å². The Morgan fingerprint density at radius 2 is 2.11 bits per heavy atom. The number of aliphatic hydroxyl groups is 1. The highest BCUT2D eigenvalue weighted by atomic mass is 16.5. The Bertz CT molecular complexity index is 381. The Balaban J connectivity index is 2.23. The van der Waals surface area contributed by atoms with Crippen molar-refractivity contribution in [1.29, 1.82) is 0 Å². The minimum absolute atomic E-state index is 0.0174. The van der Waals surface area contributed by atoms with E-state index >= 15 is 0 Å². The van der Waals surface area contributed by atoms with Gasteiger partial charge in [-0.25, -0.2) is 0 Å². The summed E-state index contributed by atoms with van der Waals surface area (Å²) in [5, 5.41) is 10.6. The summed E-state index contributed by atoms with van der Waals surface area (Å²) >= 11 is 0. The zero-order chi connectivity index (χ0) is 13.0. The first-order valence-electron chi connectivity index (χ1n) is 7.17. The molecule has 100 valence electrons. The van der Waals surface area contributed by atoms with Crippen LogP contribution < -0.4 is 0 Å². The number of hydrogen-bond donors (Lipinski definition) is 1. The van der Waals surface area contributed by atoms with Crippen molar-refractivity contribution < 1.29 is 9.84 Å². The number of aliphatic hydroxyl groups excluding tert-OH is 1. The molecule has 2 nitrogen and oxygen atoms in total. The lowest BCUT2D eigenvalue weighted by molar-refractivity contribution is -0.0636. The number of hydrogen-bond acceptors (Lipinski definition) is 2. The van der Waals surface area contributed by atoms with Crippen LogP contribution in [0.2, 0.25) is 0 Å². The van der Waals surface area contributed by atoms with Gasteiger partial charge in [-0.05, 0) is 48.8 Å². The fourth-order valence-corrected chi connectivity index (χ4v) is 2.68. The highest BCUT2D eigenvalue weighted by Gasteiger charge is 2.25. The van der Waals surface area contributed by atoms with Crippen molar-refractivity contribution >= 4 is 0 Å². The van der Waals surface area contributed by atoms with E-state index < -0.39 is 6.10 Å². The molecule has 2 heteroatoms. The lowest BCUT2D eigenvalue weighted by Crippen LogP contribution is -2.27. The lowest BCUT2D eigenvalue weighted by Gasteiger charge is -2.28. The fourth-order valence-electron chi connectivity index (χ4n) is 2.68. The van der Waals surface area contributed by atoms with Crippen LogP contribution in [-0.4, -0.2) is 17.8 Å². The Labute approximate surface area is 110 Å². The number of aryl methyl sites for hydroxylation is 2. The highest BCUT2D eigenvalue weighted by molar-refractivity contribution is 5.34. The summed E-state index contributed by atoms with van der Waals surface area (Å²) in [6, 6.07) is 6.47. The third kappa shape index (κ3) is 2.93. The molecule has 2 rings (SSSR count). The van der Waals surface area contributed by atoms with Crippen molar-refractivity contribution in [1.82, 2.24) is 0 Å². The van der Waals surface area contributed by atoms with E-state index in [1.165, 1.54) is 11.1 Å². The summed E-state index contributed by atoms with van der Waals surface area (Å²) < 4.78 is 5.72. The molecular formula is C16H24O2. The van der Waals surface area contributed by atoms with E-state index in [4.69, 9.17) is 4.74 Å². The maximum absolute atomic E-state index is 10.6. The molecule has 0 amide bonds. The molecule has 0 bridgehead atoms. The molecule has 1 saturated heterocycles. The monoisotopic (exact) mass is 248 g/mol. The van der Waals surface area contributed by atoms with Gasteiger partial charge in [0.05, 0.1) is 6.10 Å². The Kier molecular flexibility index (Phi) is 4.79. The standard InChI is InChI=1S/C16H24O2/c1-3-12-8-9-13(4-2)14(11-12)16(17)15-7-5-6-10-18-15/h8-9,11,15-17H,3-7,10H2,1-2H3. The van der Waals surface area contributed by atoms with Crippen molar-refractivity contribution in [2.45, 2.75) is 58.2 Å². The van der Waals surface area contributed by atoms with Gasteiger partial charge in [0, 0.05) is 6.61 Å². The van der Waals surface area contributed by atoms with Gasteiger partial charge in [0.15, 0.2) is 0 Å². The number of benzene rings is 1. The zero-order valence-corrected chi connectivity index (χ0v) is 11.5. The van der Waals surface area contributed by atoms with Gasteiger partial charge in [-0.1, -0.05) is 32.0 Å². The first-order chi connectivity index (χ1) is 8.76. The van der Waals surface area contributed by atoms with Gasteiger partial charge < -0.3 is 9.84 Å². The summed E-state index contributed by atoms with van der Waals surface area (Å²) in [7, 11) is 0. The van der Waals surface area contributed by atoms with Crippen molar-refractivity contribution in [2.75, 3.05) is 6.61 Å². The summed E-state index contributed by atoms with van der Waals surface area (Å²) in [6.07, 6.45) is 4.75. The van der Waals surface area contributed by atoms with E-state index in [2.05, 4.69) is 32.0 Å². The van der Waals surface area contributed by atoms with E-state index in [0.29, 0.717) is 0 Å². The van der Waals surface area contributed by atoms with Crippen LogP contribution in [0.25, 0.3) is 0 Å². The zero-order valence-electron chi connectivity index (χ0n) is 11.5. The predicted octanol–water partition coefficient (Wildman–Crippen LogP) is 3.41.